The van der Waals surface area contributed by atoms with Gasteiger partial charge in [0.25, 0.3) is 0 Å². The zero-order valence-corrected chi connectivity index (χ0v) is 11.6. The predicted octanol–water partition coefficient (Wildman–Crippen LogP) is 0.201. The highest BCUT2D eigenvalue weighted by atomic mass is 16.6. The molecule has 1 aromatic rings. The SMILES string of the molecule is CN(C)C1CCN(c2nc(NN)ncc2[N+](=O)[O-])CC1. The smallest absolute Gasteiger partial charge is 0.329 e. The molecule has 1 aliphatic heterocycles. The van der Waals surface area contributed by atoms with Crippen molar-refractivity contribution in [3.05, 3.63) is 16.3 Å². The number of nitrogens with one attached hydrogen (secondary N) is 1. The van der Waals surface area contributed by atoms with Gasteiger partial charge in [-0.2, -0.15) is 4.98 Å². The summed E-state index contributed by atoms with van der Waals surface area (Å²) >= 11 is 0. The van der Waals surface area contributed by atoms with Crippen molar-refractivity contribution in [2.75, 3.05) is 37.5 Å². The molecule has 2 rings (SSSR count). The van der Waals surface area contributed by atoms with Gasteiger partial charge in [-0.15, -0.1) is 0 Å². The van der Waals surface area contributed by atoms with Gasteiger partial charge in [0.1, 0.15) is 6.20 Å². The van der Waals surface area contributed by atoms with Crippen LogP contribution in [0.5, 0.6) is 0 Å². The zero-order valence-electron chi connectivity index (χ0n) is 11.6. The molecule has 0 aromatic carbocycles. The standard InChI is InChI=1S/C11H19N7O2/c1-16(2)8-3-5-17(6-4-8)10-9(18(19)20)7-13-11(14-10)15-12/h7-8H,3-6,12H2,1-2H3,(H,13,14,15). The molecule has 110 valence electrons. The van der Waals surface area contributed by atoms with Crippen LogP contribution in [0.15, 0.2) is 6.20 Å². The summed E-state index contributed by atoms with van der Waals surface area (Å²) in [6.07, 6.45) is 3.08. The van der Waals surface area contributed by atoms with Gasteiger partial charge < -0.3 is 9.80 Å². The second-order valence-corrected chi connectivity index (χ2v) is 4.99. The molecule has 1 saturated heterocycles. The van der Waals surface area contributed by atoms with Crippen LogP contribution in [0.1, 0.15) is 12.8 Å². The lowest BCUT2D eigenvalue weighted by Gasteiger charge is -2.35. The fourth-order valence-electron chi connectivity index (χ4n) is 2.39. The molecule has 0 spiro atoms. The van der Waals surface area contributed by atoms with Gasteiger partial charge in [0.05, 0.1) is 4.92 Å². The van der Waals surface area contributed by atoms with Crippen molar-refractivity contribution < 1.29 is 4.92 Å². The third kappa shape index (κ3) is 2.94. The van der Waals surface area contributed by atoms with E-state index in [1.165, 1.54) is 6.20 Å². The van der Waals surface area contributed by atoms with Crippen molar-refractivity contribution >= 4 is 17.5 Å². The predicted molar refractivity (Wildman–Crippen MR) is 75.4 cm³/mol. The highest BCUT2D eigenvalue weighted by Gasteiger charge is 2.27. The molecule has 0 amide bonds. The lowest BCUT2D eigenvalue weighted by molar-refractivity contribution is -0.384. The molecule has 9 nitrogen and oxygen atoms in total. The Labute approximate surface area is 116 Å². The second-order valence-electron chi connectivity index (χ2n) is 4.99. The summed E-state index contributed by atoms with van der Waals surface area (Å²) in [6.45, 7) is 1.45. The van der Waals surface area contributed by atoms with Crippen molar-refractivity contribution in [3.8, 4) is 0 Å². The van der Waals surface area contributed by atoms with E-state index >= 15 is 0 Å². The van der Waals surface area contributed by atoms with E-state index in [0.29, 0.717) is 11.9 Å². The van der Waals surface area contributed by atoms with Crippen LogP contribution in [-0.2, 0) is 0 Å². The molecule has 0 bridgehead atoms. The Morgan fingerprint density at radius 2 is 2.15 bits per heavy atom. The van der Waals surface area contributed by atoms with E-state index < -0.39 is 4.92 Å². The molecule has 0 atom stereocenters. The van der Waals surface area contributed by atoms with Crippen LogP contribution in [0.25, 0.3) is 0 Å². The molecule has 0 unspecified atom stereocenters. The lowest BCUT2D eigenvalue weighted by atomic mass is 10.0. The summed E-state index contributed by atoms with van der Waals surface area (Å²) in [5.74, 6) is 5.78. The molecule has 3 N–H and O–H groups in total. The molecule has 2 heterocycles. The fraction of sp³-hybridized carbons (Fsp3) is 0.636. The number of aromatic nitrogens is 2. The van der Waals surface area contributed by atoms with Crippen LogP contribution >= 0.6 is 0 Å². The van der Waals surface area contributed by atoms with Gasteiger partial charge >= 0.3 is 5.69 Å². The number of nitrogens with zero attached hydrogens (tertiary/aromatic N) is 5. The monoisotopic (exact) mass is 281 g/mol. The number of hydrogen-bond donors (Lipinski definition) is 2. The molecular weight excluding hydrogens is 262 g/mol. The highest BCUT2D eigenvalue weighted by Crippen LogP contribution is 2.28. The number of anilines is 2. The summed E-state index contributed by atoms with van der Waals surface area (Å²) in [4.78, 5) is 22.6. The molecule has 9 heteroatoms. The van der Waals surface area contributed by atoms with Crippen LogP contribution in [0.2, 0.25) is 0 Å². The summed E-state index contributed by atoms with van der Waals surface area (Å²) < 4.78 is 0. The van der Waals surface area contributed by atoms with E-state index in [0.717, 1.165) is 25.9 Å². The van der Waals surface area contributed by atoms with Crippen LogP contribution in [0.3, 0.4) is 0 Å². The minimum Gasteiger partial charge on any atom is -0.351 e. The summed E-state index contributed by atoms with van der Waals surface area (Å²) in [5.41, 5.74) is 2.23. The number of hydrazine groups is 1. The maximum atomic E-state index is 11.1. The maximum absolute atomic E-state index is 11.1. The molecule has 1 aromatic heterocycles. The quantitative estimate of drug-likeness (QED) is 0.457. The van der Waals surface area contributed by atoms with E-state index in [4.69, 9.17) is 5.84 Å². The normalized spacial score (nSPS) is 16.5. The van der Waals surface area contributed by atoms with Crippen LogP contribution < -0.4 is 16.2 Å². The van der Waals surface area contributed by atoms with Gasteiger partial charge in [0.15, 0.2) is 0 Å². The minimum absolute atomic E-state index is 0.0905. The van der Waals surface area contributed by atoms with Crippen molar-refractivity contribution in [1.29, 1.82) is 0 Å². The Balaban J connectivity index is 2.21. The van der Waals surface area contributed by atoms with E-state index in [2.05, 4.69) is 20.3 Å². The molecular formula is C11H19N7O2. The Hall–Kier alpha value is -2.00. The average Bonchev–Trinajstić information content (AvgIpc) is 2.46. The highest BCUT2D eigenvalue weighted by molar-refractivity contribution is 5.59. The number of nitrogens with two attached hydrogens (primary N) is 1. The van der Waals surface area contributed by atoms with Gasteiger partial charge in [-0.3, -0.25) is 15.5 Å². The minimum atomic E-state index is -0.465. The first kappa shape index (κ1) is 14.4. The van der Waals surface area contributed by atoms with E-state index in [1.54, 1.807) is 0 Å². The molecule has 1 fully saturated rings. The number of hydrogen-bond acceptors (Lipinski definition) is 8. The lowest BCUT2D eigenvalue weighted by Crippen LogP contribution is -2.42. The molecule has 20 heavy (non-hydrogen) atoms. The number of piperidine rings is 1. The van der Waals surface area contributed by atoms with Crippen LogP contribution in [-0.4, -0.2) is 53.0 Å². The zero-order chi connectivity index (χ0) is 14.7. The molecule has 0 saturated carbocycles. The Kier molecular flexibility index (Phi) is 4.30. The third-order valence-corrected chi connectivity index (χ3v) is 3.57. The van der Waals surface area contributed by atoms with Gasteiger partial charge in [-0.25, -0.2) is 10.8 Å². The summed E-state index contributed by atoms with van der Waals surface area (Å²) in [7, 11) is 4.09. The van der Waals surface area contributed by atoms with Gasteiger partial charge in [0.2, 0.25) is 11.8 Å². The Morgan fingerprint density at radius 3 is 2.65 bits per heavy atom. The van der Waals surface area contributed by atoms with Gasteiger partial charge in [0, 0.05) is 19.1 Å². The van der Waals surface area contributed by atoms with Crippen molar-refractivity contribution in [3.63, 3.8) is 0 Å². The number of rotatable bonds is 4. The summed E-state index contributed by atoms with van der Waals surface area (Å²) in [6, 6.07) is 0.499. The fourth-order valence-corrected chi connectivity index (χ4v) is 2.39. The van der Waals surface area contributed by atoms with Gasteiger partial charge in [-0.1, -0.05) is 0 Å². The second kappa shape index (κ2) is 5.97. The first-order chi connectivity index (χ1) is 9.52. The number of nitrogen functional groups attached to an aromatic ring is 1. The first-order valence-electron chi connectivity index (χ1n) is 6.42. The van der Waals surface area contributed by atoms with Crippen LogP contribution in [0, 0.1) is 10.1 Å². The van der Waals surface area contributed by atoms with Gasteiger partial charge in [-0.05, 0) is 26.9 Å². The van der Waals surface area contributed by atoms with E-state index in [1.807, 2.05) is 19.0 Å². The van der Waals surface area contributed by atoms with Crippen molar-refractivity contribution in [2.24, 2.45) is 5.84 Å². The topological polar surface area (TPSA) is 113 Å². The Morgan fingerprint density at radius 1 is 1.50 bits per heavy atom. The molecule has 0 radical (unpaired) electrons. The maximum Gasteiger partial charge on any atom is 0.329 e. The Bertz CT molecular complexity index is 486. The van der Waals surface area contributed by atoms with Crippen molar-refractivity contribution in [2.45, 2.75) is 18.9 Å². The third-order valence-electron chi connectivity index (χ3n) is 3.57. The van der Waals surface area contributed by atoms with E-state index in [-0.39, 0.29) is 11.6 Å². The largest absolute Gasteiger partial charge is 0.351 e. The van der Waals surface area contributed by atoms with E-state index in [9.17, 15) is 10.1 Å². The number of nitro groups is 1. The van der Waals surface area contributed by atoms with Crippen molar-refractivity contribution in [1.82, 2.24) is 14.9 Å². The molecule has 1 aliphatic rings. The van der Waals surface area contributed by atoms with Crippen LogP contribution in [0.4, 0.5) is 17.5 Å². The first-order valence-corrected chi connectivity index (χ1v) is 6.42. The molecule has 0 aliphatic carbocycles. The summed E-state index contributed by atoms with van der Waals surface area (Å²) in [5, 5.41) is 11.1. The average molecular weight is 281 g/mol.